The second-order valence-corrected chi connectivity index (χ2v) is 7.25. The molecule has 4 rings (SSSR count). The van der Waals surface area contributed by atoms with Crippen molar-refractivity contribution in [2.45, 2.75) is 52.0 Å². The fraction of sp³-hybridized carbons (Fsp3) is 0.526. The van der Waals surface area contributed by atoms with Gasteiger partial charge >= 0.3 is 0 Å². The largest absolute Gasteiger partial charge is 0.371 e. The van der Waals surface area contributed by atoms with Gasteiger partial charge in [-0.1, -0.05) is 6.92 Å². The molecule has 4 heteroatoms. The van der Waals surface area contributed by atoms with Crippen LogP contribution in [0.5, 0.6) is 0 Å². The second-order valence-electron chi connectivity index (χ2n) is 7.25. The second kappa shape index (κ2) is 5.38. The molecule has 1 N–H and O–H groups in total. The number of aliphatic imine (C=N–C) groups is 1. The number of amidine groups is 1. The number of nitrogens with one attached hydrogen (secondary N) is 1. The SMILES string of the molecule is CCC1=NC=C2[N+]1c1cc(N3CCCCC3)ccc1NC2(C)C. The highest BCUT2D eigenvalue weighted by molar-refractivity contribution is 5.98. The van der Waals surface area contributed by atoms with Crippen LogP contribution in [0.25, 0.3) is 0 Å². The zero-order valence-corrected chi connectivity index (χ0v) is 14.4. The zero-order valence-electron chi connectivity index (χ0n) is 14.4. The topological polar surface area (TPSA) is 33.5 Å². The van der Waals surface area contributed by atoms with Crippen LogP contribution in [0.3, 0.4) is 0 Å². The van der Waals surface area contributed by atoms with Gasteiger partial charge in [0.05, 0.1) is 6.20 Å². The van der Waals surface area contributed by atoms with E-state index in [4.69, 9.17) is 0 Å². The first kappa shape index (κ1) is 14.8. The molecule has 1 aromatic carbocycles. The Morgan fingerprint density at radius 3 is 2.74 bits per heavy atom. The van der Waals surface area contributed by atoms with Crippen LogP contribution in [-0.2, 0) is 0 Å². The minimum atomic E-state index is -0.0972. The van der Waals surface area contributed by atoms with Gasteiger partial charge in [0.2, 0.25) is 11.4 Å². The average molecular weight is 310 g/mol. The van der Waals surface area contributed by atoms with Crippen LogP contribution in [-0.4, -0.2) is 24.5 Å². The number of benzene rings is 1. The quantitative estimate of drug-likeness (QED) is 0.826. The van der Waals surface area contributed by atoms with Gasteiger partial charge in [0, 0.05) is 31.3 Å². The number of piperidine rings is 1. The summed E-state index contributed by atoms with van der Waals surface area (Å²) in [5, 5.41) is 3.68. The van der Waals surface area contributed by atoms with Gasteiger partial charge in [0.25, 0.3) is 5.84 Å². The molecule has 3 heterocycles. The number of rotatable bonds is 2. The molecule has 121 valence electrons. The summed E-state index contributed by atoms with van der Waals surface area (Å²) in [4.78, 5) is 9.54. The first-order chi connectivity index (χ1) is 11.1. The van der Waals surface area contributed by atoms with Crippen molar-refractivity contribution in [3.05, 3.63) is 30.1 Å². The molecular formula is C19H26N4+. The Morgan fingerprint density at radius 1 is 1.22 bits per heavy atom. The smallest absolute Gasteiger partial charge is 0.262 e. The number of fused-ring (bicyclic) bond motifs is 3. The number of anilines is 3. The summed E-state index contributed by atoms with van der Waals surface area (Å²) in [6.45, 7) is 8.98. The average Bonchev–Trinajstić information content (AvgIpc) is 3.01. The highest BCUT2D eigenvalue weighted by atomic mass is 15.3. The monoisotopic (exact) mass is 310 g/mol. The van der Waals surface area contributed by atoms with Crippen LogP contribution in [0.4, 0.5) is 17.1 Å². The van der Waals surface area contributed by atoms with Gasteiger partial charge in [-0.3, -0.25) is 0 Å². The Hall–Kier alpha value is -1.81. The number of hydrogen-bond donors (Lipinski definition) is 1. The van der Waals surface area contributed by atoms with Crippen molar-refractivity contribution in [1.82, 2.24) is 4.90 Å². The van der Waals surface area contributed by atoms with Gasteiger partial charge in [-0.25, -0.2) is 0 Å². The molecule has 1 fully saturated rings. The van der Waals surface area contributed by atoms with E-state index in [1.165, 1.54) is 55.1 Å². The Bertz CT molecular complexity index is 681. The van der Waals surface area contributed by atoms with Gasteiger partial charge in [-0.2, -0.15) is 4.99 Å². The lowest BCUT2D eigenvalue weighted by Crippen LogP contribution is -2.47. The van der Waals surface area contributed by atoms with E-state index >= 15 is 0 Å². The predicted octanol–water partition coefficient (Wildman–Crippen LogP) is 4.32. The molecule has 0 saturated carbocycles. The molecule has 0 amide bonds. The Morgan fingerprint density at radius 2 is 2.00 bits per heavy atom. The maximum absolute atomic E-state index is 4.66. The third-order valence-corrected chi connectivity index (χ3v) is 5.18. The summed E-state index contributed by atoms with van der Waals surface area (Å²) >= 11 is 0. The Labute approximate surface area is 138 Å². The van der Waals surface area contributed by atoms with Gasteiger partial charge in [-0.15, -0.1) is 0 Å². The molecule has 0 bridgehead atoms. The van der Waals surface area contributed by atoms with Crippen LogP contribution in [0, 0.1) is 0 Å². The minimum Gasteiger partial charge on any atom is -0.371 e. The van der Waals surface area contributed by atoms with Gasteiger partial charge in [0.15, 0.2) is 0 Å². The summed E-state index contributed by atoms with van der Waals surface area (Å²) in [6.07, 6.45) is 6.95. The normalized spacial score (nSPS) is 22.8. The van der Waals surface area contributed by atoms with E-state index in [2.05, 4.69) is 59.1 Å². The van der Waals surface area contributed by atoms with Crippen LogP contribution in [0.1, 0.15) is 46.5 Å². The van der Waals surface area contributed by atoms with Crippen LogP contribution in [0.2, 0.25) is 0 Å². The summed E-state index contributed by atoms with van der Waals surface area (Å²) in [6, 6.07) is 6.84. The molecule has 4 nitrogen and oxygen atoms in total. The minimum absolute atomic E-state index is 0.0972. The lowest BCUT2D eigenvalue weighted by atomic mass is 9.94. The molecule has 0 atom stereocenters. The molecule has 3 aliphatic heterocycles. The van der Waals surface area contributed by atoms with Crippen molar-refractivity contribution in [3.8, 4) is 0 Å². The maximum Gasteiger partial charge on any atom is 0.262 e. The molecule has 0 aromatic heterocycles. The van der Waals surface area contributed by atoms with E-state index in [1.54, 1.807) is 0 Å². The van der Waals surface area contributed by atoms with E-state index in [-0.39, 0.29) is 5.54 Å². The third-order valence-electron chi connectivity index (χ3n) is 5.18. The van der Waals surface area contributed by atoms with E-state index in [0.717, 1.165) is 12.3 Å². The van der Waals surface area contributed by atoms with Crippen molar-refractivity contribution < 1.29 is 0 Å². The number of hydrogen-bond acceptors (Lipinski definition) is 4. The highest BCUT2D eigenvalue weighted by Crippen LogP contribution is 2.44. The molecule has 1 radical (unpaired) electrons. The van der Waals surface area contributed by atoms with E-state index in [1.807, 2.05) is 6.20 Å². The van der Waals surface area contributed by atoms with Crippen molar-refractivity contribution in [1.29, 1.82) is 0 Å². The fourth-order valence-electron chi connectivity index (χ4n) is 3.91. The van der Waals surface area contributed by atoms with Gasteiger partial charge in [0.1, 0.15) is 11.2 Å². The van der Waals surface area contributed by atoms with E-state index in [9.17, 15) is 0 Å². The standard InChI is InChI=1S/C19H26N4/c1-4-18-20-13-17-19(2,3)21-15-9-8-14(12-16(15)23(17)18)22-10-6-5-7-11-22/h8-9,12-13,21H,4-7,10-11H2,1-3H3/q+1. The fourth-order valence-corrected chi connectivity index (χ4v) is 3.91. The molecule has 0 unspecified atom stereocenters. The van der Waals surface area contributed by atoms with E-state index < -0.39 is 0 Å². The number of nitrogens with zero attached hydrogens (tertiary/aromatic N) is 3. The molecular weight excluding hydrogens is 284 g/mol. The van der Waals surface area contributed by atoms with Gasteiger partial charge < -0.3 is 10.2 Å². The van der Waals surface area contributed by atoms with Crippen molar-refractivity contribution in [2.24, 2.45) is 4.99 Å². The predicted molar refractivity (Wildman–Crippen MR) is 97.8 cm³/mol. The Kier molecular flexibility index (Phi) is 3.45. The lowest BCUT2D eigenvalue weighted by molar-refractivity contribution is 0.572. The molecule has 0 spiro atoms. The van der Waals surface area contributed by atoms with Crippen LogP contribution >= 0.6 is 0 Å². The molecule has 0 aliphatic carbocycles. The van der Waals surface area contributed by atoms with Crippen molar-refractivity contribution in [3.63, 3.8) is 0 Å². The van der Waals surface area contributed by atoms with E-state index in [0.29, 0.717) is 0 Å². The lowest BCUT2D eigenvalue weighted by Gasteiger charge is -2.34. The first-order valence-electron chi connectivity index (χ1n) is 8.85. The third kappa shape index (κ3) is 2.36. The summed E-state index contributed by atoms with van der Waals surface area (Å²) in [5.41, 5.74) is 4.94. The van der Waals surface area contributed by atoms with Crippen LogP contribution in [0.15, 0.2) is 35.1 Å². The molecule has 3 aliphatic rings. The first-order valence-corrected chi connectivity index (χ1v) is 8.85. The maximum atomic E-state index is 4.66. The highest BCUT2D eigenvalue weighted by Gasteiger charge is 2.49. The summed E-state index contributed by atoms with van der Waals surface area (Å²) in [5.74, 6) is 1.15. The molecule has 1 aromatic rings. The summed E-state index contributed by atoms with van der Waals surface area (Å²) < 4.78 is 0. The molecule has 1 saturated heterocycles. The Balaban J connectivity index is 1.76. The van der Waals surface area contributed by atoms with Crippen LogP contribution < -0.4 is 15.1 Å². The summed E-state index contributed by atoms with van der Waals surface area (Å²) in [7, 11) is 0. The van der Waals surface area contributed by atoms with Crippen molar-refractivity contribution >= 4 is 22.9 Å². The zero-order chi connectivity index (χ0) is 16.0. The molecule has 23 heavy (non-hydrogen) atoms. The van der Waals surface area contributed by atoms with Gasteiger partial charge in [-0.05, 0) is 50.1 Å². The van der Waals surface area contributed by atoms with Crippen molar-refractivity contribution in [2.75, 3.05) is 23.3 Å².